The van der Waals surface area contributed by atoms with Gasteiger partial charge in [-0.1, -0.05) is 0 Å². The van der Waals surface area contributed by atoms with Gasteiger partial charge in [0.2, 0.25) is 0 Å². The van der Waals surface area contributed by atoms with E-state index in [0.29, 0.717) is 14.8 Å². The van der Waals surface area contributed by atoms with Gasteiger partial charge in [0.25, 0.3) is 6.43 Å². The summed E-state index contributed by atoms with van der Waals surface area (Å²) in [5.41, 5.74) is 0.597. The Bertz CT molecular complexity index is 385. The van der Waals surface area contributed by atoms with Crippen LogP contribution in [0.5, 0.6) is 0 Å². The summed E-state index contributed by atoms with van der Waals surface area (Å²) in [5, 5.41) is 8.52. The molecule has 0 bridgehead atoms. The first kappa shape index (κ1) is 11.3. The van der Waals surface area contributed by atoms with E-state index >= 15 is 0 Å². The van der Waals surface area contributed by atoms with Gasteiger partial charge in [-0.25, -0.2) is 8.78 Å². The summed E-state index contributed by atoms with van der Waals surface area (Å²) in [6, 6.07) is 1.88. The third kappa shape index (κ3) is 2.18. The van der Waals surface area contributed by atoms with Crippen LogP contribution in [0, 0.1) is 21.8 Å². The first-order chi connectivity index (χ1) is 6.57. The maximum atomic E-state index is 12.6. The van der Waals surface area contributed by atoms with Crippen LogP contribution in [0.4, 0.5) is 8.78 Å². The first-order valence-electron chi connectivity index (χ1n) is 3.87. The van der Waals surface area contributed by atoms with E-state index in [1.807, 2.05) is 28.7 Å². The Labute approximate surface area is 94.1 Å². The van der Waals surface area contributed by atoms with Crippen LogP contribution in [0.3, 0.4) is 0 Å². The minimum Gasteiger partial charge on any atom is -0.260 e. The molecule has 5 heteroatoms. The highest BCUT2D eigenvalue weighted by Crippen LogP contribution is 2.28. The minimum absolute atomic E-state index is 0.00130. The molecule has 0 spiro atoms. The summed E-state index contributed by atoms with van der Waals surface area (Å²) in [6.45, 7) is 1.53. The number of hydrogen-bond acceptors (Lipinski definition) is 2. The molecule has 0 aliphatic rings. The van der Waals surface area contributed by atoms with Crippen LogP contribution in [0.15, 0.2) is 6.20 Å². The van der Waals surface area contributed by atoms with Crippen molar-refractivity contribution in [2.45, 2.75) is 19.8 Å². The number of halogens is 3. The molecule has 0 saturated carbocycles. The van der Waals surface area contributed by atoms with E-state index in [0.717, 1.165) is 0 Å². The molecule has 0 atom stereocenters. The second-order valence-corrected chi connectivity index (χ2v) is 3.88. The second-order valence-electron chi connectivity index (χ2n) is 2.72. The third-order valence-electron chi connectivity index (χ3n) is 1.85. The predicted molar refractivity (Wildman–Crippen MR) is 56.0 cm³/mol. The molecule has 1 rings (SSSR count). The van der Waals surface area contributed by atoms with Crippen LogP contribution in [0.2, 0.25) is 0 Å². The Morgan fingerprint density at radius 2 is 2.29 bits per heavy atom. The van der Waals surface area contributed by atoms with Gasteiger partial charge in [-0.3, -0.25) is 4.98 Å². The van der Waals surface area contributed by atoms with Crippen molar-refractivity contribution in [3.05, 3.63) is 26.6 Å². The molecule has 0 aliphatic carbocycles. The number of pyridine rings is 1. The summed E-state index contributed by atoms with van der Waals surface area (Å²) >= 11 is 1.91. The van der Waals surface area contributed by atoms with Gasteiger partial charge in [-0.2, -0.15) is 5.26 Å². The molecule has 1 heterocycles. The number of nitriles is 1. The van der Waals surface area contributed by atoms with Crippen molar-refractivity contribution < 1.29 is 8.78 Å². The van der Waals surface area contributed by atoms with E-state index in [1.54, 1.807) is 0 Å². The molecule has 0 saturated heterocycles. The van der Waals surface area contributed by atoms with Gasteiger partial charge >= 0.3 is 0 Å². The molecule has 0 aromatic carbocycles. The summed E-state index contributed by atoms with van der Waals surface area (Å²) in [6.07, 6.45) is -1.06. The molecule has 74 valence electrons. The second kappa shape index (κ2) is 4.64. The van der Waals surface area contributed by atoms with Crippen LogP contribution >= 0.6 is 22.6 Å². The number of alkyl halides is 2. The molecule has 1 aromatic rings. The smallest absolute Gasteiger partial charge is 0.260 e. The highest BCUT2D eigenvalue weighted by atomic mass is 127. The molecule has 2 nitrogen and oxygen atoms in total. The van der Waals surface area contributed by atoms with Crippen molar-refractivity contribution in [1.29, 1.82) is 5.26 Å². The maximum Gasteiger partial charge on any atom is 0.265 e. The topological polar surface area (TPSA) is 36.7 Å². The van der Waals surface area contributed by atoms with Gasteiger partial charge in [-0.05, 0) is 35.1 Å². The Balaban J connectivity index is 3.35. The zero-order valence-electron chi connectivity index (χ0n) is 7.39. The van der Waals surface area contributed by atoms with Crippen LogP contribution in [0.25, 0.3) is 0 Å². The van der Waals surface area contributed by atoms with E-state index in [2.05, 4.69) is 4.98 Å². The lowest BCUT2D eigenvalue weighted by Crippen LogP contribution is -2.02. The lowest BCUT2D eigenvalue weighted by Gasteiger charge is -2.10. The SMILES string of the molecule is Cc1ncc(I)c(CC#N)c1C(F)F. The highest BCUT2D eigenvalue weighted by Gasteiger charge is 2.18. The third-order valence-corrected chi connectivity index (χ3v) is 2.78. The number of nitrogens with zero attached hydrogens (tertiary/aromatic N) is 2. The van der Waals surface area contributed by atoms with Crippen molar-refractivity contribution in [2.75, 3.05) is 0 Å². The van der Waals surface area contributed by atoms with Crippen LogP contribution in [0.1, 0.15) is 23.2 Å². The van der Waals surface area contributed by atoms with Crippen molar-refractivity contribution in [1.82, 2.24) is 4.98 Å². The van der Waals surface area contributed by atoms with E-state index in [-0.39, 0.29) is 12.0 Å². The predicted octanol–water partition coefficient (Wildman–Crippen LogP) is 3.00. The van der Waals surface area contributed by atoms with Gasteiger partial charge in [0.1, 0.15) is 0 Å². The molecule has 0 aliphatic heterocycles. The largest absolute Gasteiger partial charge is 0.265 e. The first-order valence-corrected chi connectivity index (χ1v) is 4.94. The Hall–Kier alpha value is -0.770. The Morgan fingerprint density at radius 3 is 2.79 bits per heavy atom. The summed E-state index contributed by atoms with van der Waals surface area (Å²) in [5.74, 6) is 0. The molecular weight excluding hydrogens is 301 g/mol. The molecule has 1 aromatic heterocycles. The summed E-state index contributed by atoms with van der Waals surface area (Å²) < 4.78 is 25.9. The van der Waals surface area contributed by atoms with Crippen molar-refractivity contribution in [2.24, 2.45) is 0 Å². The van der Waals surface area contributed by atoms with Crippen LogP contribution in [-0.4, -0.2) is 4.98 Å². The fraction of sp³-hybridized carbons (Fsp3) is 0.333. The number of hydrogen-bond donors (Lipinski definition) is 0. The van der Waals surface area contributed by atoms with E-state index < -0.39 is 6.43 Å². The maximum absolute atomic E-state index is 12.6. The Kier molecular flexibility index (Phi) is 3.75. The van der Waals surface area contributed by atoms with Gasteiger partial charge in [0.05, 0.1) is 12.5 Å². The summed E-state index contributed by atoms with van der Waals surface area (Å²) in [7, 11) is 0. The van der Waals surface area contributed by atoms with Crippen molar-refractivity contribution in [3.8, 4) is 6.07 Å². The normalized spacial score (nSPS) is 10.3. The van der Waals surface area contributed by atoms with Crippen molar-refractivity contribution >= 4 is 22.6 Å². The van der Waals surface area contributed by atoms with Crippen LogP contribution in [-0.2, 0) is 6.42 Å². The van der Waals surface area contributed by atoms with Crippen LogP contribution < -0.4 is 0 Å². The Morgan fingerprint density at radius 1 is 1.64 bits per heavy atom. The monoisotopic (exact) mass is 308 g/mol. The summed E-state index contributed by atoms with van der Waals surface area (Å²) in [4.78, 5) is 3.85. The van der Waals surface area contributed by atoms with E-state index in [4.69, 9.17) is 5.26 Å². The van der Waals surface area contributed by atoms with Crippen molar-refractivity contribution in [3.63, 3.8) is 0 Å². The lowest BCUT2D eigenvalue weighted by molar-refractivity contribution is 0.149. The average molecular weight is 308 g/mol. The fourth-order valence-corrected chi connectivity index (χ4v) is 1.82. The van der Waals surface area contributed by atoms with Gasteiger partial charge in [0.15, 0.2) is 0 Å². The lowest BCUT2D eigenvalue weighted by atomic mass is 10.1. The number of rotatable bonds is 2. The highest BCUT2D eigenvalue weighted by molar-refractivity contribution is 14.1. The van der Waals surface area contributed by atoms with E-state index in [1.165, 1.54) is 13.1 Å². The number of aryl methyl sites for hydroxylation is 1. The fourth-order valence-electron chi connectivity index (χ4n) is 1.20. The average Bonchev–Trinajstić information content (AvgIpc) is 2.11. The molecule has 0 N–H and O–H groups in total. The number of aromatic nitrogens is 1. The standard InChI is InChI=1S/C9H7F2IN2/c1-5-8(9(10)11)6(2-3-13)7(12)4-14-5/h4,9H,2H2,1H3. The van der Waals surface area contributed by atoms with Gasteiger partial charge < -0.3 is 0 Å². The molecule has 0 fully saturated rings. The molecule has 0 amide bonds. The quantitative estimate of drug-likeness (QED) is 0.788. The zero-order chi connectivity index (χ0) is 10.7. The van der Waals surface area contributed by atoms with Gasteiger partial charge in [-0.15, -0.1) is 0 Å². The molecule has 0 radical (unpaired) electrons. The molecule has 14 heavy (non-hydrogen) atoms. The zero-order valence-corrected chi connectivity index (χ0v) is 9.55. The van der Waals surface area contributed by atoms with Gasteiger partial charge in [0, 0.05) is 21.0 Å². The molecule has 0 unspecified atom stereocenters. The van der Waals surface area contributed by atoms with E-state index in [9.17, 15) is 8.78 Å². The molecular formula is C9H7F2IN2. The minimum atomic E-state index is -2.57.